The minimum Gasteiger partial charge on any atom is -0.497 e. The van der Waals surface area contributed by atoms with Crippen molar-refractivity contribution < 1.29 is 14.6 Å². The van der Waals surface area contributed by atoms with E-state index in [0.29, 0.717) is 25.6 Å². The van der Waals surface area contributed by atoms with Crippen LogP contribution in [0.25, 0.3) is 6.08 Å². The van der Waals surface area contributed by atoms with E-state index in [-0.39, 0.29) is 0 Å². The van der Waals surface area contributed by atoms with Crippen LogP contribution in [-0.4, -0.2) is 37.7 Å². The first-order chi connectivity index (χ1) is 16.5. The lowest BCUT2D eigenvalue weighted by molar-refractivity contribution is -0.0938. The fourth-order valence-electron chi connectivity index (χ4n) is 3.79. The molecule has 5 heteroatoms. The summed E-state index contributed by atoms with van der Waals surface area (Å²) in [5, 5.41) is 13.6. The second-order valence-corrected chi connectivity index (χ2v) is 8.28. The molecule has 0 aromatic heterocycles. The fourth-order valence-corrected chi connectivity index (χ4v) is 3.79. The quantitative estimate of drug-likeness (QED) is 0.233. The normalized spacial score (nSPS) is 12.6. The third kappa shape index (κ3) is 7.11. The van der Waals surface area contributed by atoms with Gasteiger partial charge in [-0.15, -0.1) is 0 Å². The van der Waals surface area contributed by atoms with E-state index in [9.17, 15) is 5.11 Å². The number of anilines is 3. The Morgan fingerprint density at radius 3 is 2.32 bits per heavy atom. The molecule has 5 nitrogen and oxygen atoms in total. The second-order valence-electron chi connectivity index (χ2n) is 8.28. The highest BCUT2D eigenvalue weighted by atomic mass is 16.6. The van der Waals surface area contributed by atoms with E-state index in [1.165, 1.54) is 0 Å². The molecule has 3 aromatic carbocycles. The van der Waals surface area contributed by atoms with E-state index < -0.39 is 6.29 Å². The van der Waals surface area contributed by atoms with Crippen LogP contribution in [0.15, 0.2) is 79.4 Å². The summed E-state index contributed by atoms with van der Waals surface area (Å²) in [6.45, 7) is 9.26. The SMILES string of the molecule is C=Cc1ccc(N(c2ccc(CC(O)OCCNc3cccc(OC)c3)cc2)C(C)CC)cc1. The molecule has 0 aliphatic heterocycles. The summed E-state index contributed by atoms with van der Waals surface area (Å²) in [5.41, 5.74) is 5.37. The minimum atomic E-state index is -0.852. The molecule has 180 valence electrons. The molecule has 34 heavy (non-hydrogen) atoms. The standard InChI is InChI=1S/C29H36N2O3/c1-5-22(3)31(26-14-10-23(6-2)11-15-26)27-16-12-24(13-17-27)20-29(32)34-19-18-30-25-8-7-9-28(21-25)33-4/h6-17,21-22,29-30,32H,2,5,18-20H2,1,3-4H3. The number of benzene rings is 3. The summed E-state index contributed by atoms with van der Waals surface area (Å²) in [6, 6.07) is 24.9. The van der Waals surface area contributed by atoms with Gasteiger partial charge in [-0.3, -0.25) is 0 Å². The number of methoxy groups -OCH3 is 1. The highest BCUT2D eigenvalue weighted by molar-refractivity contribution is 5.66. The van der Waals surface area contributed by atoms with Gasteiger partial charge in [0, 0.05) is 42.1 Å². The van der Waals surface area contributed by atoms with Crippen LogP contribution in [0.3, 0.4) is 0 Å². The van der Waals surface area contributed by atoms with Gasteiger partial charge in [0.1, 0.15) is 5.75 Å². The molecule has 0 bridgehead atoms. The second kappa shape index (κ2) is 12.8. The molecule has 0 saturated heterocycles. The zero-order valence-electron chi connectivity index (χ0n) is 20.4. The molecule has 2 atom stereocenters. The first-order valence-corrected chi connectivity index (χ1v) is 11.8. The van der Waals surface area contributed by atoms with Gasteiger partial charge in [0.25, 0.3) is 0 Å². The van der Waals surface area contributed by atoms with Crippen LogP contribution >= 0.6 is 0 Å². The van der Waals surface area contributed by atoms with Gasteiger partial charge in [-0.05, 0) is 60.9 Å². The maximum absolute atomic E-state index is 10.3. The smallest absolute Gasteiger partial charge is 0.158 e. The number of nitrogens with zero attached hydrogens (tertiary/aromatic N) is 1. The minimum absolute atomic E-state index is 0.353. The van der Waals surface area contributed by atoms with Gasteiger partial charge in [-0.25, -0.2) is 0 Å². The molecular weight excluding hydrogens is 424 g/mol. The summed E-state index contributed by atoms with van der Waals surface area (Å²) in [6.07, 6.45) is 2.47. The van der Waals surface area contributed by atoms with E-state index in [2.05, 4.69) is 79.2 Å². The Morgan fingerprint density at radius 1 is 1.03 bits per heavy atom. The molecule has 0 heterocycles. The van der Waals surface area contributed by atoms with E-state index in [0.717, 1.165) is 40.4 Å². The third-order valence-electron chi connectivity index (χ3n) is 5.87. The van der Waals surface area contributed by atoms with Crippen LogP contribution in [0, 0.1) is 0 Å². The van der Waals surface area contributed by atoms with Gasteiger partial charge in [-0.2, -0.15) is 0 Å². The Bertz CT molecular complexity index is 1020. The van der Waals surface area contributed by atoms with Crippen molar-refractivity contribution in [2.45, 2.75) is 39.0 Å². The molecule has 0 aliphatic carbocycles. The van der Waals surface area contributed by atoms with Crippen LogP contribution < -0.4 is 15.0 Å². The molecule has 0 spiro atoms. The van der Waals surface area contributed by atoms with Crippen LogP contribution in [-0.2, 0) is 11.2 Å². The Labute approximate surface area is 203 Å². The van der Waals surface area contributed by atoms with Crippen molar-refractivity contribution in [2.24, 2.45) is 0 Å². The highest BCUT2D eigenvalue weighted by Crippen LogP contribution is 2.30. The first kappa shape index (κ1) is 25.3. The number of hydrogen-bond donors (Lipinski definition) is 2. The summed E-state index contributed by atoms with van der Waals surface area (Å²) >= 11 is 0. The predicted octanol–water partition coefficient (Wildman–Crippen LogP) is 6.26. The third-order valence-corrected chi connectivity index (χ3v) is 5.87. The van der Waals surface area contributed by atoms with Crippen molar-refractivity contribution in [3.8, 4) is 5.75 Å². The zero-order chi connectivity index (χ0) is 24.3. The Hall–Kier alpha value is -3.28. The van der Waals surface area contributed by atoms with Gasteiger partial charge in [0.05, 0.1) is 13.7 Å². The van der Waals surface area contributed by atoms with Crippen molar-refractivity contribution in [1.82, 2.24) is 0 Å². The summed E-state index contributed by atoms with van der Waals surface area (Å²) < 4.78 is 10.8. The van der Waals surface area contributed by atoms with Crippen molar-refractivity contribution >= 4 is 23.1 Å². The number of aliphatic hydroxyl groups excluding tert-OH is 1. The van der Waals surface area contributed by atoms with Crippen molar-refractivity contribution in [2.75, 3.05) is 30.5 Å². The average Bonchev–Trinajstić information content (AvgIpc) is 2.88. The number of rotatable bonds is 13. The van der Waals surface area contributed by atoms with Gasteiger partial charge in [0.2, 0.25) is 0 Å². The molecule has 2 N–H and O–H groups in total. The van der Waals surface area contributed by atoms with Crippen LogP contribution in [0.5, 0.6) is 5.75 Å². The lowest BCUT2D eigenvalue weighted by atomic mass is 10.1. The molecule has 0 saturated carbocycles. The molecule has 3 rings (SSSR count). The summed E-state index contributed by atoms with van der Waals surface area (Å²) in [7, 11) is 1.65. The highest BCUT2D eigenvalue weighted by Gasteiger charge is 2.16. The lowest BCUT2D eigenvalue weighted by Crippen LogP contribution is -2.27. The monoisotopic (exact) mass is 460 g/mol. The molecule has 0 amide bonds. The van der Waals surface area contributed by atoms with Crippen LogP contribution in [0.1, 0.15) is 31.4 Å². The van der Waals surface area contributed by atoms with Crippen molar-refractivity contribution in [3.05, 3.63) is 90.5 Å². The number of hydrogen-bond acceptors (Lipinski definition) is 5. The Balaban J connectivity index is 1.54. The van der Waals surface area contributed by atoms with Gasteiger partial charge in [0.15, 0.2) is 6.29 Å². The van der Waals surface area contributed by atoms with Crippen molar-refractivity contribution in [1.29, 1.82) is 0 Å². The van der Waals surface area contributed by atoms with Gasteiger partial charge >= 0.3 is 0 Å². The lowest BCUT2D eigenvalue weighted by Gasteiger charge is -2.31. The molecule has 2 unspecified atom stereocenters. The van der Waals surface area contributed by atoms with E-state index in [1.54, 1.807) is 7.11 Å². The molecule has 3 aromatic rings. The van der Waals surface area contributed by atoms with E-state index >= 15 is 0 Å². The van der Waals surface area contributed by atoms with Gasteiger partial charge in [-0.1, -0.05) is 49.9 Å². The maximum atomic E-state index is 10.3. The van der Waals surface area contributed by atoms with Crippen molar-refractivity contribution in [3.63, 3.8) is 0 Å². The van der Waals surface area contributed by atoms with Gasteiger partial charge < -0.3 is 24.8 Å². The molecular formula is C29H36N2O3. The Morgan fingerprint density at radius 2 is 1.71 bits per heavy atom. The fraction of sp³-hybridized carbons (Fsp3) is 0.310. The van der Waals surface area contributed by atoms with Crippen LogP contribution in [0.4, 0.5) is 17.1 Å². The maximum Gasteiger partial charge on any atom is 0.158 e. The van der Waals surface area contributed by atoms with E-state index in [1.807, 2.05) is 30.3 Å². The summed E-state index contributed by atoms with van der Waals surface area (Å²) in [4.78, 5) is 2.34. The number of nitrogens with one attached hydrogen (secondary N) is 1. The predicted molar refractivity (Wildman–Crippen MR) is 142 cm³/mol. The van der Waals surface area contributed by atoms with Crippen LogP contribution in [0.2, 0.25) is 0 Å². The number of ether oxygens (including phenoxy) is 2. The molecule has 0 fully saturated rings. The topological polar surface area (TPSA) is 54.0 Å². The first-order valence-electron chi connectivity index (χ1n) is 11.8. The average molecular weight is 461 g/mol. The molecule has 0 aliphatic rings. The van der Waals surface area contributed by atoms with E-state index in [4.69, 9.17) is 9.47 Å². The number of aliphatic hydroxyl groups is 1. The Kier molecular flexibility index (Phi) is 9.56. The largest absolute Gasteiger partial charge is 0.497 e. The zero-order valence-corrected chi connectivity index (χ0v) is 20.4. The molecule has 0 radical (unpaired) electrons. The summed E-state index contributed by atoms with van der Waals surface area (Å²) in [5.74, 6) is 0.801.